The molecule has 174 valence electrons. The van der Waals surface area contributed by atoms with Gasteiger partial charge in [-0.15, -0.1) is 0 Å². The van der Waals surface area contributed by atoms with Crippen LogP contribution in [0, 0.1) is 0 Å². The van der Waals surface area contributed by atoms with Gasteiger partial charge in [-0.2, -0.15) is 0 Å². The molecule has 0 fully saturated rings. The summed E-state index contributed by atoms with van der Waals surface area (Å²) in [6.45, 7) is 4.70. The van der Waals surface area contributed by atoms with Crippen LogP contribution in [0.2, 0.25) is 0 Å². The third kappa shape index (κ3) is 2.90. The minimum atomic E-state index is 0.00845. The third-order valence-electron chi connectivity index (χ3n) is 8.58. The maximum atomic E-state index is 2.41. The van der Waals surface area contributed by atoms with Gasteiger partial charge in [0.25, 0.3) is 0 Å². The van der Waals surface area contributed by atoms with Gasteiger partial charge in [-0.3, -0.25) is 0 Å². The van der Waals surface area contributed by atoms with Crippen LogP contribution in [0.1, 0.15) is 25.0 Å². The lowest BCUT2D eigenvalue weighted by Crippen LogP contribution is -2.14. The quantitative estimate of drug-likeness (QED) is 0.220. The molecule has 7 aromatic carbocycles. The number of benzene rings is 7. The zero-order chi connectivity index (χ0) is 24.7. The normalized spacial score (nSPS) is 13.9. The van der Waals surface area contributed by atoms with Crippen LogP contribution in [0.3, 0.4) is 0 Å². The topological polar surface area (TPSA) is 0 Å². The van der Waals surface area contributed by atoms with E-state index in [2.05, 4.69) is 135 Å². The van der Waals surface area contributed by atoms with E-state index in [-0.39, 0.29) is 5.41 Å². The van der Waals surface area contributed by atoms with Crippen LogP contribution in [0.4, 0.5) is 0 Å². The van der Waals surface area contributed by atoms with Crippen LogP contribution in [0.5, 0.6) is 0 Å². The summed E-state index contributed by atoms with van der Waals surface area (Å²) < 4.78 is 0. The van der Waals surface area contributed by atoms with Crippen LogP contribution in [0.25, 0.3) is 65.7 Å². The van der Waals surface area contributed by atoms with E-state index in [1.54, 1.807) is 0 Å². The van der Waals surface area contributed by atoms with Crippen molar-refractivity contribution in [2.45, 2.75) is 19.3 Å². The first-order valence-corrected chi connectivity index (χ1v) is 13.1. The molecule has 0 N–H and O–H groups in total. The van der Waals surface area contributed by atoms with Gasteiger partial charge in [-0.25, -0.2) is 0 Å². The van der Waals surface area contributed by atoms with Gasteiger partial charge < -0.3 is 0 Å². The van der Waals surface area contributed by atoms with Crippen LogP contribution in [0.15, 0.2) is 121 Å². The Labute approximate surface area is 217 Å². The van der Waals surface area contributed by atoms with E-state index in [0.29, 0.717) is 0 Å². The molecule has 0 saturated carbocycles. The first-order valence-electron chi connectivity index (χ1n) is 13.1. The molecular weight excluding hydrogens is 444 g/mol. The first kappa shape index (κ1) is 20.7. The van der Waals surface area contributed by atoms with Crippen LogP contribution in [-0.2, 0) is 5.41 Å². The fraction of sp³-hybridized carbons (Fsp3) is 0.0811. The molecule has 0 aromatic heterocycles. The van der Waals surface area contributed by atoms with Gasteiger partial charge >= 0.3 is 0 Å². The fourth-order valence-corrected chi connectivity index (χ4v) is 6.68. The van der Waals surface area contributed by atoms with Gasteiger partial charge in [-0.1, -0.05) is 111 Å². The van der Waals surface area contributed by atoms with Gasteiger partial charge in [0.15, 0.2) is 0 Å². The summed E-state index contributed by atoms with van der Waals surface area (Å²) in [4.78, 5) is 0. The fourth-order valence-electron chi connectivity index (χ4n) is 6.68. The lowest BCUT2D eigenvalue weighted by molar-refractivity contribution is 0.660. The van der Waals surface area contributed by atoms with E-state index in [1.165, 1.54) is 76.8 Å². The molecule has 0 bridgehead atoms. The Kier molecular flexibility index (Phi) is 4.10. The van der Waals surface area contributed by atoms with E-state index in [9.17, 15) is 0 Å². The lowest BCUT2D eigenvalue weighted by atomic mass is 9.81. The van der Waals surface area contributed by atoms with Crippen molar-refractivity contribution in [1.82, 2.24) is 0 Å². The summed E-state index contributed by atoms with van der Waals surface area (Å²) in [7, 11) is 0. The van der Waals surface area contributed by atoms with Crippen LogP contribution >= 0.6 is 0 Å². The molecule has 0 radical (unpaired) electrons. The van der Waals surface area contributed by atoms with Crippen molar-refractivity contribution in [2.24, 2.45) is 0 Å². The van der Waals surface area contributed by atoms with Gasteiger partial charge in [0.05, 0.1) is 0 Å². The molecular formula is C37H26. The Morgan fingerprint density at radius 2 is 0.946 bits per heavy atom. The van der Waals surface area contributed by atoms with E-state index >= 15 is 0 Å². The number of hydrogen-bond donors (Lipinski definition) is 0. The predicted octanol–water partition coefficient (Wildman–Crippen LogP) is 10.2. The van der Waals surface area contributed by atoms with Crippen molar-refractivity contribution >= 4 is 32.3 Å². The molecule has 0 heteroatoms. The highest BCUT2D eigenvalue weighted by Gasteiger charge is 2.35. The molecule has 8 rings (SSSR count). The van der Waals surface area contributed by atoms with Gasteiger partial charge in [0.1, 0.15) is 0 Å². The third-order valence-corrected chi connectivity index (χ3v) is 8.58. The second kappa shape index (κ2) is 7.31. The zero-order valence-electron chi connectivity index (χ0n) is 21.0. The van der Waals surface area contributed by atoms with Gasteiger partial charge in [-0.05, 0) is 101 Å². The van der Waals surface area contributed by atoms with Crippen molar-refractivity contribution < 1.29 is 0 Å². The molecule has 37 heavy (non-hydrogen) atoms. The largest absolute Gasteiger partial charge is 0.0619 e. The zero-order valence-corrected chi connectivity index (χ0v) is 21.0. The van der Waals surface area contributed by atoms with E-state index in [1.807, 2.05) is 0 Å². The lowest BCUT2D eigenvalue weighted by Gasteiger charge is -2.22. The summed E-state index contributed by atoms with van der Waals surface area (Å²) in [6, 6.07) is 45.3. The summed E-state index contributed by atoms with van der Waals surface area (Å²) >= 11 is 0. The molecule has 0 heterocycles. The predicted molar refractivity (Wildman–Crippen MR) is 159 cm³/mol. The Morgan fingerprint density at radius 3 is 1.70 bits per heavy atom. The Morgan fingerprint density at radius 1 is 0.378 bits per heavy atom. The molecule has 0 aliphatic heterocycles. The maximum absolute atomic E-state index is 2.41. The van der Waals surface area contributed by atoms with Crippen molar-refractivity contribution in [3.05, 3.63) is 132 Å². The van der Waals surface area contributed by atoms with E-state index in [4.69, 9.17) is 0 Å². The Balaban J connectivity index is 1.26. The van der Waals surface area contributed by atoms with Crippen molar-refractivity contribution in [1.29, 1.82) is 0 Å². The van der Waals surface area contributed by atoms with Crippen LogP contribution < -0.4 is 0 Å². The molecule has 0 unspecified atom stereocenters. The Hall–Kier alpha value is -4.42. The smallest absolute Gasteiger partial charge is 0.0159 e. The number of hydrogen-bond acceptors (Lipinski definition) is 0. The number of rotatable bonds is 2. The summed E-state index contributed by atoms with van der Waals surface area (Å²) in [5, 5.41) is 7.98. The highest BCUT2D eigenvalue weighted by molar-refractivity contribution is 6.23. The van der Waals surface area contributed by atoms with Gasteiger partial charge in [0.2, 0.25) is 0 Å². The average Bonchev–Trinajstić information content (AvgIpc) is 3.18. The molecule has 1 aliphatic carbocycles. The summed E-state index contributed by atoms with van der Waals surface area (Å²) in [5.41, 5.74) is 10.6. The number of fused-ring (bicyclic) bond motifs is 3. The molecule has 0 saturated heterocycles. The molecule has 7 aromatic rings. The standard InChI is InChI=1S/C37H26/c1-37(2)33-12-4-3-11-31(33)32-18-17-27(22-34(32)37)25-9-6-10-26(19-25)30-20-28-15-13-23-7-5-8-24-14-16-29(21-30)36(28)35(23)24/h3-22H,1-2H3. The summed E-state index contributed by atoms with van der Waals surface area (Å²) in [6.07, 6.45) is 0. The second-order valence-corrected chi connectivity index (χ2v) is 11.0. The highest BCUT2D eigenvalue weighted by atomic mass is 14.4. The monoisotopic (exact) mass is 470 g/mol. The minimum Gasteiger partial charge on any atom is -0.0619 e. The summed E-state index contributed by atoms with van der Waals surface area (Å²) in [5.74, 6) is 0. The average molecular weight is 471 g/mol. The SMILES string of the molecule is CC1(C)c2ccccc2-c2ccc(-c3cccc(-c4cc5ccc6cccc7ccc(c4)c5c67)c3)cc21. The Bertz CT molecular complexity index is 1940. The van der Waals surface area contributed by atoms with Gasteiger partial charge in [0, 0.05) is 5.41 Å². The van der Waals surface area contributed by atoms with Crippen molar-refractivity contribution in [2.75, 3.05) is 0 Å². The molecule has 0 atom stereocenters. The highest BCUT2D eigenvalue weighted by Crippen LogP contribution is 2.49. The molecule has 0 spiro atoms. The maximum Gasteiger partial charge on any atom is 0.0159 e. The van der Waals surface area contributed by atoms with Crippen molar-refractivity contribution in [3.8, 4) is 33.4 Å². The first-order chi connectivity index (χ1) is 18.1. The molecule has 1 aliphatic rings. The van der Waals surface area contributed by atoms with E-state index in [0.717, 1.165) is 0 Å². The molecule has 0 nitrogen and oxygen atoms in total. The van der Waals surface area contributed by atoms with Crippen LogP contribution in [-0.4, -0.2) is 0 Å². The van der Waals surface area contributed by atoms with Crippen molar-refractivity contribution in [3.63, 3.8) is 0 Å². The van der Waals surface area contributed by atoms with E-state index < -0.39 is 0 Å². The molecule has 0 amide bonds. The minimum absolute atomic E-state index is 0.00845. The second-order valence-electron chi connectivity index (χ2n) is 11.0.